The summed E-state index contributed by atoms with van der Waals surface area (Å²) in [6.07, 6.45) is 5.15. The van der Waals surface area contributed by atoms with Gasteiger partial charge in [0, 0.05) is 12.6 Å². The maximum absolute atomic E-state index is 14.4. The third-order valence-electron chi connectivity index (χ3n) is 4.03. The van der Waals surface area contributed by atoms with Crippen molar-refractivity contribution in [1.82, 2.24) is 29.8 Å². The van der Waals surface area contributed by atoms with E-state index in [2.05, 4.69) is 25.1 Å². The van der Waals surface area contributed by atoms with Gasteiger partial charge in [0.15, 0.2) is 5.82 Å². The van der Waals surface area contributed by atoms with Crippen LogP contribution in [-0.2, 0) is 13.1 Å². The molecular formula is C16H17FN6O. The number of hydrogen-bond acceptors (Lipinski definition) is 6. The second-order valence-electron chi connectivity index (χ2n) is 6.00. The molecule has 24 heavy (non-hydrogen) atoms. The Kier molecular flexibility index (Phi) is 3.81. The first-order valence-electron chi connectivity index (χ1n) is 7.86. The average molecular weight is 328 g/mol. The number of aromatic nitrogens is 5. The molecular weight excluding hydrogens is 311 g/mol. The molecule has 1 fully saturated rings. The van der Waals surface area contributed by atoms with Gasteiger partial charge in [-0.25, -0.2) is 14.1 Å². The Morgan fingerprint density at radius 3 is 2.83 bits per heavy atom. The molecule has 124 valence electrons. The lowest BCUT2D eigenvalue weighted by Gasteiger charge is -2.20. The van der Waals surface area contributed by atoms with E-state index in [9.17, 15) is 4.39 Å². The van der Waals surface area contributed by atoms with Gasteiger partial charge in [-0.3, -0.25) is 4.90 Å². The highest BCUT2D eigenvalue weighted by molar-refractivity contribution is 5.35. The van der Waals surface area contributed by atoms with Crippen LogP contribution in [0.3, 0.4) is 0 Å². The zero-order chi connectivity index (χ0) is 16.5. The highest BCUT2D eigenvalue weighted by Gasteiger charge is 2.30. The molecule has 1 aliphatic rings. The van der Waals surface area contributed by atoms with E-state index in [0.717, 1.165) is 18.4 Å². The maximum atomic E-state index is 14.4. The summed E-state index contributed by atoms with van der Waals surface area (Å²) in [4.78, 5) is 10.3. The summed E-state index contributed by atoms with van der Waals surface area (Å²) < 4.78 is 21.0. The topological polar surface area (TPSA) is 72.9 Å². The van der Waals surface area contributed by atoms with Gasteiger partial charge < -0.3 is 4.52 Å². The smallest absolute Gasteiger partial charge is 0.240 e. The molecule has 0 saturated heterocycles. The van der Waals surface area contributed by atoms with Crippen LogP contribution in [0.15, 0.2) is 35.4 Å². The first-order chi connectivity index (χ1) is 11.7. The first-order valence-corrected chi connectivity index (χ1v) is 7.86. The molecule has 1 saturated carbocycles. The van der Waals surface area contributed by atoms with Gasteiger partial charge in [0.25, 0.3) is 0 Å². The lowest BCUT2D eigenvalue weighted by molar-refractivity contribution is 0.209. The van der Waals surface area contributed by atoms with E-state index in [-0.39, 0.29) is 5.82 Å². The van der Waals surface area contributed by atoms with Crippen LogP contribution in [0, 0.1) is 12.7 Å². The van der Waals surface area contributed by atoms with Crippen LogP contribution in [0.1, 0.15) is 30.1 Å². The predicted molar refractivity (Wildman–Crippen MR) is 82.6 cm³/mol. The number of nitrogens with zero attached hydrogens (tertiary/aromatic N) is 6. The van der Waals surface area contributed by atoms with Crippen LogP contribution in [0.4, 0.5) is 4.39 Å². The largest absolute Gasteiger partial charge is 0.338 e. The molecule has 0 bridgehead atoms. The SMILES string of the molecule is Cc1noc(CN(Cc2ccc(-n3cncn3)c(F)c2)C2CC2)n1. The molecule has 0 atom stereocenters. The minimum Gasteiger partial charge on any atom is -0.338 e. The molecule has 0 spiro atoms. The van der Waals surface area contributed by atoms with Crippen molar-refractivity contribution >= 4 is 0 Å². The van der Waals surface area contributed by atoms with E-state index in [4.69, 9.17) is 4.52 Å². The summed E-state index contributed by atoms with van der Waals surface area (Å²) in [7, 11) is 0. The number of benzene rings is 1. The van der Waals surface area contributed by atoms with Crippen molar-refractivity contribution in [3.63, 3.8) is 0 Å². The summed E-state index contributed by atoms with van der Waals surface area (Å²) >= 11 is 0. The van der Waals surface area contributed by atoms with Crippen molar-refractivity contribution in [3.05, 3.63) is 53.9 Å². The second kappa shape index (κ2) is 6.12. The molecule has 8 heteroatoms. The second-order valence-corrected chi connectivity index (χ2v) is 6.00. The third-order valence-corrected chi connectivity index (χ3v) is 4.03. The van der Waals surface area contributed by atoms with Gasteiger partial charge in [-0.1, -0.05) is 11.2 Å². The number of aryl methyl sites for hydroxylation is 1. The fourth-order valence-corrected chi connectivity index (χ4v) is 2.73. The maximum Gasteiger partial charge on any atom is 0.240 e. The minimum absolute atomic E-state index is 0.317. The highest BCUT2D eigenvalue weighted by atomic mass is 19.1. The van der Waals surface area contributed by atoms with E-state index < -0.39 is 0 Å². The van der Waals surface area contributed by atoms with Crippen molar-refractivity contribution in [2.45, 2.75) is 38.9 Å². The molecule has 4 rings (SSSR count). The monoisotopic (exact) mass is 328 g/mol. The van der Waals surface area contributed by atoms with Crippen LogP contribution < -0.4 is 0 Å². The molecule has 0 amide bonds. The first kappa shape index (κ1) is 14.9. The normalized spacial score (nSPS) is 14.5. The van der Waals surface area contributed by atoms with Gasteiger partial charge in [0.2, 0.25) is 5.89 Å². The van der Waals surface area contributed by atoms with Gasteiger partial charge >= 0.3 is 0 Å². The van der Waals surface area contributed by atoms with Crippen LogP contribution in [0.2, 0.25) is 0 Å². The van der Waals surface area contributed by atoms with Gasteiger partial charge in [-0.15, -0.1) is 0 Å². The predicted octanol–water partition coefficient (Wildman–Crippen LogP) is 2.26. The van der Waals surface area contributed by atoms with Crippen LogP contribution in [0.25, 0.3) is 5.69 Å². The van der Waals surface area contributed by atoms with Crippen molar-refractivity contribution < 1.29 is 8.91 Å². The molecule has 0 aliphatic heterocycles. The highest BCUT2D eigenvalue weighted by Crippen LogP contribution is 2.30. The molecule has 7 nitrogen and oxygen atoms in total. The molecule has 0 radical (unpaired) electrons. The van der Waals surface area contributed by atoms with E-state index in [0.29, 0.717) is 36.5 Å². The summed E-state index contributed by atoms with van der Waals surface area (Å²) in [5, 5.41) is 7.78. The lowest BCUT2D eigenvalue weighted by atomic mass is 10.1. The fourth-order valence-electron chi connectivity index (χ4n) is 2.73. The Morgan fingerprint density at radius 1 is 1.33 bits per heavy atom. The minimum atomic E-state index is -0.317. The third kappa shape index (κ3) is 3.18. The Labute approximate surface area is 138 Å². The van der Waals surface area contributed by atoms with Crippen LogP contribution in [-0.4, -0.2) is 35.8 Å². The van der Waals surface area contributed by atoms with E-state index in [1.54, 1.807) is 19.1 Å². The van der Waals surface area contributed by atoms with Gasteiger partial charge in [-0.05, 0) is 37.5 Å². The van der Waals surface area contributed by atoms with Crippen molar-refractivity contribution in [2.24, 2.45) is 0 Å². The average Bonchev–Trinajstić information content (AvgIpc) is 3.11. The summed E-state index contributed by atoms with van der Waals surface area (Å²) in [5.74, 6) is 0.908. The molecule has 0 N–H and O–H groups in total. The molecule has 1 aliphatic carbocycles. The zero-order valence-corrected chi connectivity index (χ0v) is 13.3. The number of hydrogen-bond donors (Lipinski definition) is 0. The molecule has 0 unspecified atom stereocenters. The van der Waals surface area contributed by atoms with Crippen LogP contribution >= 0.6 is 0 Å². The fraction of sp³-hybridized carbons (Fsp3) is 0.375. The quantitative estimate of drug-likeness (QED) is 0.691. The van der Waals surface area contributed by atoms with Crippen molar-refractivity contribution in [2.75, 3.05) is 0 Å². The summed E-state index contributed by atoms with van der Waals surface area (Å²) in [5.41, 5.74) is 1.29. The summed E-state index contributed by atoms with van der Waals surface area (Å²) in [6, 6.07) is 5.68. The number of halogens is 1. The lowest BCUT2D eigenvalue weighted by Crippen LogP contribution is -2.25. The Bertz CT molecular complexity index is 827. The van der Waals surface area contributed by atoms with Crippen molar-refractivity contribution in [1.29, 1.82) is 0 Å². The van der Waals surface area contributed by atoms with E-state index in [1.165, 1.54) is 17.3 Å². The number of rotatable bonds is 6. The molecule has 2 aromatic heterocycles. The Hall–Kier alpha value is -2.61. The molecule has 1 aromatic carbocycles. The van der Waals surface area contributed by atoms with Gasteiger partial charge in [0.1, 0.15) is 24.2 Å². The Morgan fingerprint density at radius 2 is 2.21 bits per heavy atom. The molecule has 2 heterocycles. The Balaban J connectivity index is 1.51. The van der Waals surface area contributed by atoms with Crippen LogP contribution in [0.5, 0.6) is 0 Å². The zero-order valence-electron chi connectivity index (χ0n) is 13.3. The molecule has 3 aromatic rings. The standard InChI is InChI=1S/C16H17FN6O/c1-11-20-16(24-21-11)8-22(13-3-4-13)7-12-2-5-15(14(17)6-12)23-10-18-9-19-23/h2,5-6,9-10,13H,3-4,7-8H2,1H3. The van der Waals surface area contributed by atoms with E-state index in [1.807, 2.05) is 6.07 Å². The van der Waals surface area contributed by atoms with Gasteiger partial charge in [0.05, 0.1) is 6.54 Å². The van der Waals surface area contributed by atoms with E-state index >= 15 is 0 Å². The van der Waals surface area contributed by atoms with Crippen molar-refractivity contribution in [3.8, 4) is 5.69 Å². The summed E-state index contributed by atoms with van der Waals surface area (Å²) in [6.45, 7) is 3.02. The van der Waals surface area contributed by atoms with Gasteiger partial charge in [-0.2, -0.15) is 10.1 Å².